The maximum Gasteiger partial charge on any atom is 0.268 e. The molecular weight excluding hydrogens is 272 g/mol. The van der Waals surface area contributed by atoms with Crippen molar-refractivity contribution in [2.24, 2.45) is 0 Å². The molecule has 1 amide bonds. The highest BCUT2D eigenvalue weighted by molar-refractivity contribution is 7.21. The number of thiophene rings is 1. The first-order valence-corrected chi connectivity index (χ1v) is 6.83. The van der Waals surface area contributed by atoms with Gasteiger partial charge in [0.2, 0.25) is 0 Å². The van der Waals surface area contributed by atoms with E-state index in [2.05, 4.69) is 15.3 Å². The second-order valence-corrected chi connectivity index (χ2v) is 5.45. The molecule has 0 fully saturated rings. The minimum Gasteiger partial charge on any atom is -0.396 e. The lowest BCUT2D eigenvalue weighted by Crippen LogP contribution is -2.12. The molecule has 0 aliphatic carbocycles. The Morgan fingerprint density at radius 3 is 3.00 bits per heavy atom. The SMILES string of the molecule is Cc1cncc(NC(=O)c2sc3cccnc3c2N)c1. The van der Waals surface area contributed by atoms with Crippen LogP contribution in [-0.2, 0) is 0 Å². The zero-order chi connectivity index (χ0) is 14.1. The zero-order valence-corrected chi connectivity index (χ0v) is 11.6. The third-order valence-electron chi connectivity index (χ3n) is 2.82. The number of aromatic nitrogens is 2. The molecule has 0 saturated heterocycles. The Labute approximate surface area is 119 Å². The molecule has 3 aromatic rings. The predicted octanol–water partition coefficient (Wildman–Crippen LogP) is 2.83. The van der Waals surface area contributed by atoms with Gasteiger partial charge >= 0.3 is 0 Å². The van der Waals surface area contributed by atoms with Crippen LogP contribution in [0.15, 0.2) is 36.8 Å². The van der Waals surface area contributed by atoms with Crippen molar-refractivity contribution < 1.29 is 4.79 Å². The predicted molar refractivity (Wildman–Crippen MR) is 81.0 cm³/mol. The molecule has 0 radical (unpaired) electrons. The lowest BCUT2D eigenvalue weighted by atomic mass is 10.3. The van der Waals surface area contributed by atoms with E-state index in [1.807, 2.05) is 25.1 Å². The first-order valence-electron chi connectivity index (χ1n) is 6.01. The molecule has 0 unspecified atom stereocenters. The van der Waals surface area contributed by atoms with Gasteiger partial charge in [0.25, 0.3) is 5.91 Å². The van der Waals surface area contributed by atoms with Gasteiger partial charge in [0.15, 0.2) is 0 Å². The topological polar surface area (TPSA) is 80.9 Å². The fraction of sp³-hybridized carbons (Fsp3) is 0.0714. The summed E-state index contributed by atoms with van der Waals surface area (Å²) < 4.78 is 0.900. The van der Waals surface area contributed by atoms with Crippen molar-refractivity contribution >= 4 is 38.8 Å². The smallest absolute Gasteiger partial charge is 0.268 e. The van der Waals surface area contributed by atoms with Gasteiger partial charge in [0.05, 0.1) is 22.3 Å². The van der Waals surface area contributed by atoms with Crippen LogP contribution in [0.3, 0.4) is 0 Å². The number of carbonyl (C=O) groups excluding carboxylic acids is 1. The highest BCUT2D eigenvalue weighted by Crippen LogP contribution is 2.32. The van der Waals surface area contributed by atoms with E-state index in [-0.39, 0.29) is 5.91 Å². The number of rotatable bonds is 2. The number of aryl methyl sites for hydroxylation is 1. The average molecular weight is 284 g/mol. The van der Waals surface area contributed by atoms with Crippen LogP contribution in [0.1, 0.15) is 15.2 Å². The minimum absolute atomic E-state index is 0.238. The highest BCUT2D eigenvalue weighted by Gasteiger charge is 2.17. The van der Waals surface area contributed by atoms with E-state index in [1.54, 1.807) is 18.6 Å². The summed E-state index contributed by atoms with van der Waals surface area (Å²) in [6, 6.07) is 5.57. The average Bonchev–Trinajstić information content (AvgIpc) is 2.77. The molecule has 100 valence electrons. The number of hydrogen-bond donors (Lipinski definition) is 2. The molecule has 0 atom stereocenters. The molecule has 3 heterocycles. The van der Waals surface area contributed by atoms with Crippen molar-refractivity contribution in [1.29, 1.82) is 0 Å². The number of carbonyl (C=O) groups is 1. The van der Waals surface area contributed by atoms with Crippen LogP contribution in [0.25, 0.3) is 10.2 Å². The summed E-state index contributed by atoms with van der Waals surface area (Å²) in [5.41, 5.74) is 8.72. The number of anilines is 2. The Kier molecular flexibility index (Phi) is 3.08. The van der Waals surface area contributed by atoms with Gasteiger partial charge in [-0.2, -0.15) is 0 Å². The Morgan fingerprint density at radius 2 is 2.25 bits per heavy atom. The van der Waals surface area contributed by atoms with Crippen LogP contribution in [-0.4, -0.2) is 15.9 Å². The van der Waals surface area contributed by atoms with Crippen LogP contribution < -0.4 is 11.1 Å². The molecule has 6 heteroatoms. The Balaban J connectivity index is 1.95. The number of hydrogen-bond acceptors (Lipinski definition) is 5. The van der Waals surface area contributed by atoms with Crippen molar-refractivity contribution in [3.05, 3.63) is 47.2 Å². The van der Waals surface area contributed by atoms with Crippen molar-refractivity contribution in [3.8, 4) is 0 Å². The van der Waals surface area contributed by atoms with Crippen LogP contribution in [0.2, 0.25) is 0 Å². The maximum absolute atomic E-state index is 12.3. The second kappa shape index (κ2) is 4.90. The zero-order valence-electron chi connectivity index (χ0n) is 10.8. The third-order valence-corrected chi connectivity index (χ3v) is 3.98. The first kappa shape index (κ1) is 12.6. The van der Waals surface area contributed by atoms with Gasteiger partial charge in [0.1, 0.15) is 10.4 Å². The van der Waals surface area contributed by atoms with Gasteiger partial charge in [-0.25, -0.2) is 0 Å². The summed E-state index contributed by atoms with van der Waals surface area (Å²) in [6.07, 6.45) is 5.00. The number of amides is 1. The van der Waals surface area contributed by atoms with E-state index in [0.717, 1.165) is 10.3 Å². The van der Waals surface area contributed by atoms with Gasteiger partial charge in [-0.05, 0) is 30.7 Å². The summed E-state index contributed by atoms with van der Waals surface area (Å²) >= 11 is 1.34. The summed E-state index contributed by atoms with van der Waals surface area (Å²) in [5, 5.41) is 2.80. The number of nitrogens with two attached hydrogens (primary N) is 1. The molecule has 0 spiro atoms. The number of nitrogen functional groups attached to an aromatic ring is 1. The summed E-state index contributed by atoms with van der Waals surface area (Å²) in [7, 11) is 0. The molecule has 5 nitrogen and oxygen atoms in total. The molecule has 0 aliphatic rings. The second-order valence-electron chi connectivity index (χ2n) is 4.40. The van der Waals surface area contributed by atoms with Gasteiger partial charge in [-0.15, -0.1) is 11.3 Å². The van der Waals surface area contributed by atoms with Gasteiger partial charge in [0, 0.05) is 12.4 Å². The molecule has 20 heavy (non-hydrogen) atoms. The summed E-state index contributed by atoms with van der Waals surface area (Å²) in [6.45, 7) is 1.92. The first-order chi connectivity index (χ1) is 9.65. The third kappa shape index (κ3) is 2.21. The van der Waals surface area contributed by atoms with Crippen LogP contribution in [0, 0.1) is 6.92 Å². The Bertz CT molecular complexity index is 797. The van der Waals surface area contributed by atoms with Crippen molar-refractivity contribution in [1.82, 2.24) is 9.97 Å². The van der Waals surface area contributed by atoms with Crippen LogP contribution in [0.4, 0.5) is 11.4 Å². The molecule has 0 aliphatic heterocycles. The largest absolute Gasteiger partial charge is 0.396 e. The van der Waals surface area contributed by atoms with Crippen LogP contribution in [0.5, 0.6) is 0 Å². The molecule has 3 aromatic heterocycles. The Hall–Kier alpha value is -2.47. The van der Waals surface area contributed by atoms with Crippen molar-refractivity contribution in [2.75, 3.05) is 11.1 Å². The van der Waals surface area contributed by atoms with Crippen molar-refractivity contribution in [3.63, 3.8) is 0 Å². The van der Waals surface area contributed by atoms with Gasteiger partial charge in [-0.1, -0.05) is 0 Å². The molecular formula is C14H12N4OS. The fourth-order valence-corrected chi connectivity index (χ4v) is 2.90. The lowest BCUT2D eigenvalue weighted by molar-refractivity contribution is 0.103. The van der Waals surface area contributed by atoms with Crippen molar-refractivity contribution in [2.45, 2.75) is 6.92 Å². The van der Waals surface area contributed by atoms with Gasteiger partial charge in [-0.3, -0.25) is 14.8 Å². The summed E-state index contributed by atoms with van der Waals surface area (Å²) in [4.78, 5) is 21.0. The molecule has 0 aromatic carbocycles. The molecule has 0 saturated carbocycles. The quantitative estimate of drug-likeness (QED) is 0.758. The van der Waals surface area contributed by atoms with E-state index in [9.17, 15) is 4.79 Å². The molecule has 3 rings (SSSR count). The fourth-order valence-electron chi connectivity index (χ4n) is 1.93. The number of pyridine rings is 2. The standard InChI is InChI=1S/C14H12N4OS/c1-8-5-9(7-16-6-8)18-14(19)13-11(15)12-10(20-13)3-2-4-17-12/h2-7H,15H2,1H3,(H,18,19). The minimum atomic E-state index is -0.238. The highest BCUT2D eigenvalue weighted by atomic mass is 32.1. The maximum atomic E-state index is 12.3. The Morgan fingerprint density at radius 1 is 1.40 bits per heavy atom. The number of nitrogens with one attached hydrogen (secondary N) is 1. The normalized spacial score (nSPS) is 10.7. The summed E-state index contributed by atoms with van der Waals surface area (Å²) in [5.74, 6) is -0.238. The van der Waals surface area contributed by atoms with E-state index in [1.165, 1.54) is 11.3 Å². The van der Waals surface area contributed by atoms with E-state index >= 15 is 0 Å². The van der Waals surface area contributed by atoms with E-state index in [4.69, 9.17) is 5.73 Å². The molecule has 3 N–H and O–H groups in total. The molecule has 0 bridgehead atoms. The monoisotopic (exact) mass is 284 g/mol. The van der Waals surface area contributed by atoms with Crippen LogP contribution >= 0.6 is 11.3 Å². The lowest BCUT2D eigenvalue weighted by Gasteiger charge is -2.04. The van der Waals surface area contributed by atoms with Gasteiger partial charge < -0.3 is 11.1 Å². The number of nitrogens with zero attached hydrogens (tertiary/aromatic N) is 2. The number of fused-ring (bicyclic) bond motifs is 1. The van der Waals surface area contributed by atoms with E-state index < -0.39 is 0 Å². The van der Waals surface area contributed by atoms with E-state index in [0.29, 0.717) is 21.8 Å².